The number of ether oxygens (including phenoxy) is 1. The van der Waals surface area contributed by atoms with Gasteiger partial charge in [-0.2, -0.15) is 4.31 Å². The van der Waals surface area contributed by atoms with Gasteiger partial charge in [-0.15, -0.1) is 0 Å². The van der Waals surface area contributed by atoms with Crippen LogP contribution in [0.25, 0.3) is 0 Å². The fourth-order valence-electron chi connectivity index (χ4n) is 5.76. The molecule has 0 bridgehead atoms. The molecule has 3 heterocycles. The van der Waals surface area contributed by atoms with Gasteiger partial charge >= 0.3 is 0 Å². The van der Waals surface area contributed by atoms with Gasteiger partial charge in [0.25, 0.3) is 0 Å². The highest BCUT2D eigenvalue weighted by molar-refractivity contribution is 7.89. The van der Waals surface area contributed by atoms with Crippen molar-refractivity contribution in [3.8, 4) is 0 Å². The number of rotatable bonds is 7. The van der Waals surface area contributed by atoms with Gasteiger partial charge in [0.1, 0.15) is 5.76 Å². The maximum Gasteiger partial charge on any atom is 0.246 e. The summed E-state index contributed by atoms with van der Waals surface area (Å²) in [6.45, 7) is 1.86. The Morgan fingerprint density at radius 1 is 1.14 bits per heavy atom. The fraction of sp³-hybridized carbons (Fsp3) is 0.520. The number of sulfonamides is 2. The number of hydrogen-bond acceptors (Lipinski definition) is 6. The molecule has 35 heavy (non-hydrogen) atoms. The van der Waals surface area contributed by atoms with Crippen LogP contribution >= 0.6 is 0 Å². The van der Waals surface area contributed by atoms with Gasteiger partial charge < -0.3 is 9.64 Å². The van der Waals surface area contributed by atoms with Crippen molar-refractivity contribution in [2.75, 3.05) is 19.3 Å². The van der Waals surface area contributed by atoms with E-state index in [2.05, 4.69) is 28.1 Å². The van der Waals surface area contributed by atoms with Crippen molar-refractivity contribution in [1.29, 1.82) is 0 Å². The number of hydrogen-bond donors (Lipinski definition) is 1. The highest BCUT2D eigenvalue weighted by atomic mass is 32.2. The first-order valence-electron chi connectivity index (χ1n) is 12.2. The molecule has 0 amide bonds. The lowest BCUT2D eigenvalue weighted by molar-refractivity contribution is 0.0582. The first kappa shape index (κ1) is 24.5. The van der Waals surface area contributed by atoms with Crippen molar-refractivity contribution >= 4 is 20.0 Å². The van der Waals surface area contributed by atoms with E-state index in [0.717, 1.165) is 61.8 Å². The van der Waals surface area contributed by atoms with Crippen LogP contribution < -0.4 is 4.72 Å². The van der Waals surface area contributed by atoms with E-state index in [4.69, 9.17) is 4.74 Å². The Bertz CT molecular complexity index is 1300. The predicted octanol–water partition coefficient (Wildman–Crippen LogP) is 3.56. The van der Waals surface area contributed by atoms with Crippen LogP contribution in [-0.2, 0) is 24.8 Å². The van der Waals surface area contributed by atoms with Crippen molar-refractivity contribution < 1.29 is 21.6 Å². The molecule has 8 nitrogen and oxygen atoms in total. The van der Waals surface area contributed by atoms with Gasteiger partial charge in [-0.1, -0.05) is 30.2 Å². The Hall–Kier alpha value is -2.14. The van der Waals surface area contributed by atoms with Crippen molar-refractivity contribution in [3.05, 3.63) is 65.3 Å². The minimum absolute atomic E-state index is 0.0185. The molecule has 1 saturated carbocycles. The van der Waals surface area contributed by atoms with Crippen LogP contribution in [0.15, 0.2) is 64.7 Å². The second-order valence-electron chi connectivity index (χ2n) is 9.92. The quantitative estimate of drug-likeness (QED) is 0.592. The summed E-state index contributed by atoms with van der Waals surface area (Å²) in [5.74, 6) is 0.907. The lowest BCUT2D eigenvalue weighted by Gasteiger charge is -2.42. The van der Waals surface area contributed by atoms with Crippen LogP contribution in [0.1, 0.15) is 50.5 Å². The average Bonchev–Trinajstić information content (AvgIpc) is 3.19. The number of aryl methyl sites for hydroxylation is 1. The molecule has 1 spiro atoms. The van der Waals surface area contributed by atoms with Gasteiger partial charge in [-0.3, -0.25) is 0 Å². The maximum atomic E-state index is 13.8. The third-order valence-corrected chi connectivity index (χ3v) is 10.1. The largest absolute Gasteiger partial charge is 0.476 e. The zero-order valence-electron chi connectivity index (χ0n) is 20.2. The van der Waals surface area contributed by atoms with E-state index in [1.165, 1.54) is 9.88 Å². The van der Waals surface area contributed by atoms with Gasteiger partial charge in [0.2, 0.25) is 20.0 Å². The van der Waals surface area contributed by atoms with Crippen LogP contribution in [0.2, 0.25) is 0 Å². The van der Waals surface area contributed by atoms with Gasteiger partial charge in [-0.25, -0.2) is 21.6 Å². The maximum absolute atomic E-state index is 13.8. The molecule has 1 aliphatic carbocycles. The molecule has 2 fully saturated rings. The summed E-state index contributed by atoms with van der Waals surface area (Å²) in [4.78, 5) is 2.32. The third kappa shape index (κ3) is 4.57. The second-order valence-corrected chi connectivity index (χ2v) is 13.6. The summed E-state index contributed by atoms with van der Waals surface area (Å²) in [6.07, 6.45) is 13.2. The van der Waals surface area contributed by atoms with Crippen LogP contribution in [0, 0.1) is 12.3 Å². The summed E-state index contributed by atoms with van der Waals surface area (Å²) in [5.41, 5.74) is 3.09. The van der Waals surface area contributed by atoms with Crippen molar-refractivity contribution in [3.63, 3.8) is 0 Å². The van der Waals surface area contributed by atoms with Crippen LogP contribution in [0.5, 0.6) is 0 Å². The van der Waals surface area contributed by atoms with E-state index in [0.29, 0.717) is 6.42 Å². The first-order chi connectivity index (χ1) is 16.6. The molecule has 0 aromatic heterocycles. The Morgan fingerprint density at radius 2 is 1.91 bits per heavy atom. The summed E-state index contributed by atoms with van der Waals surface area (Å²) in [7, 11) is -7.39. The highest BCUT2D eigenvalue weighted by Gasteiger charge is 2.55. The van der Waals surface area contributed by atoms with Crippen molar-refractivity contribution in [2.24, 2.45) is 5.41 Å². The van der Waals surface area contributed by atoms with Gasteiger partial charge in [0.05, 0.1) is 22.3 Å². The smallest absolute Gasteiger partial charge is 0.246 e. The predicted molar refractivity (Wildman–Crippen MR) is 134 cm³/mol. The van der Waals surface area contributed by atoms with Crippen LogP contribution in [0.3, 0.4) is 0 Å². The molecular formula is C25H33N3O5S2. The lowest BCUT2D eigenvalue weighted by atomic mass is 9.66. The van der Waals surface area contributed by atoms with E-state index in [1.54, 1.807) is 24.3 Å². The Labute approximate surface area is 208 Å². The molecule has 1 N–H and O–H groups in total. The number of fused-ring (bicyclic) bond motifs is 1. The minimum atomic E-state index is -3.93. The molecule has 4 aliphatic rings. The summed E-state index contributed by atoms with van der Waals surface area (Å²) in [5, 5.41) is 0. The standard InChI is InChI=1S/C25H33N3O5S2/c1-19-9-11-21(12-10-19)35(31,32)28(16-14-26-34(2,29)30)23-17-25-13-5-3-7-20(25)18-27-15-6-4-8-22(27)24(25)33-23/h6,9-12,15,18,23,26H,3-5,7-8,13-14,16-17H2,1-2H3/t23-,25?/m1/s1. The van der Waals surface area contributed by atoms with Gasteiger partial charge in [0, 0.05) is 31.9 Å². The number of nitrogens with zero attached hydrogens (tertiary/aromatic N) is 2. The normalized spacial score (nSPS) is 26.2. The van der Waals surface area contributed by atoms with Gasteiger partial charge in [-0.05, 0) is 56.7 Å². The molecular weight excluding hydrogens is 486 g/mol. The topological polar surface area (TPSA) is 96.0 Å². The zero-order valence-corrected chi connectivity index (χ0v) is 21.9. The number of allylic oxidation sites excluding steroid dienone is 3. The molecule has 3 aliphatic heterocycles. The number of benzene rings is 1. The van der Waals surface area contributed by atoms with E-state index in [1.807, 2.05) is 6.92 Å². The van der Waals surface area contributed by atoms with Crippen LogP contribution in [-0.4, -0.2) is 51.6 Å². The van der Waals surface area contributed by atoms with Crippen molar-refractivity contribution in [2.45, 2.75) is 63.0 Å². The molecule has 1 aromatic rings. The van der Waals surface area contributed by atoms with Crippen molar-refractivity contribution in [1.82, 2.24) is 13.9 Å². The first-order valence-corrected chi connectivity index (χ1v) is 15.5. The monoisotopic (exact) mass is 519 g/mol. The fourth-order valence-corrected chi connectivity index (χ4v) is 7.73. The zero-order chi connectivity index (χ0) is 24.8. The molecule has 1 saturated heterocycles. The van der Waals surface area contributed by atoms with E-state index < -0.39 is 26.3 Å². The molecule has 2 atom stereocenters. The Morgan fingerprint density at radius 3 is 2.66 bits per heavy atom. The second kappa shape index (κ2) is 9.06. The van der Waals surface area contributed by atoms with Gasteiger partial charge in [0.15, 0.2) is 6.23 Å². The molecule has 0 radical (unpaired) electrons. The summed E-state index contributed by atoms with van der Waals surface area (Å²) in [6, 6.07) is 6.74. The Balaban J connectivity index is 1.54. The van der Waals surface area contributed by atoms with E-state index in [9.17, 15) is 16.8 Å². The van der Waals surface area contributed by atoms with Crippen LogP contribution in [0.4, 0.5) is 0 Å². The summed E-state index contributed by atoms with van der Waals surface area (Å²) < 4.78 is 61.5. The molecule has 10 heteroatoms. The Kier molecular flexibility index (Phi) is 6.36. The summed E-state index contributed by atoms with van der Waals surface area (Å²) >= 11 is 0. The SMILES string of the molecule is Cc1ccc(S(=O)(=O)N(CCNS(C)(=O)=O)[C@H]2CC34CCCCC3=CN3C=CCCC3=C4O2)cc1. The molecule has 1 aromatic carbocycles. The highest BCUT2D eigenvalue weighted by Crippen LogP contribution is 2.59. The molecule has 190 valence electrons. The lowest BCUT2D eigenvalue weighted by Crippen LogP contribution is -2.44. The molecule has 5 rings (SSSR count). The van der Waals surface area contributed by atoms with E-state index >= 15 is 0 Å². The average molecular weight is 520 g/mol. The number of nitrogens with one attached hydrogen (secondary N) is 1. The van der Waals surface area contributed by atoms with E-state index in [-0.39, 0.29) is 23.4 Å². The third-order valence-electron chi connectivity index (χ3n) is 7.45. The minimum Gasteiger partial charge on any atom is -0.476 e. The molecule has 1 unspecified atom stereocenters.